The van der Waals surface area contributed by atoms with Crippen LogP contribution < -0.4 is 0 Å². The highest BCUT2D eigenvalue weighted by Crippen LogP contribution is 2.72. The lowest BCUT2D eigenvalue weighted by Gasteiger charge is -2.64. The number of hydrogen-bond donors (Lipinski definition) is 1. The molecular weight excluding hydrogens is 419 g/mol. The molecule has 0 heterocycles. The summed E-state index contributed by atoms with van der Waals surface area (Å²) in [6.07, 6.45) is 6.76. The Morgan fingerprint density at radius 2 is 1.86 bits per heavy atom. The molecule has 154 valence electrons. The van der Waals surface area contributed by atoms with E-state index < -0.39 is 26.7 Å². The van der Waals surface area contributed by atoms with Crippen molar-refractivity contribution in [2.45, 2.75) is 68.2 Å². The number of allylic oxidation sites excluding steroid dienone is 4. The van der Waals surface area contributed by atoms with Gasteiger partial charge in [-0.3, -0.25) is 9.59 Å². The smallest absolute Gasteiger partial charge is 0.178 e. The minimum Gasteiger partial charge on any atom is -0.381 e. The van der Waals surface area contributed by atoms with Crippen molar-refractivity contribution in [1.29, 1.82) is 0 Å². The van der Waals surface area contributed by atoms with Crippen LogP contribution in [0.25, 0.3) is 0 Å². The second kappa shape index (κ2) is 6.09. The van der Waals surface area contributed by atoms with E-state index in [1.807, 2.05) is 26.8 Å². The molecule has 0 radical (unpaired) electrons. The van der Waals surface area contributed by atoms with E-state index in [0.29, 0.717) is 19.3 Å². The number of alkyl halides is 3. The first-order valence-corrected chi connectivity index (χ1v) is 11.2. The van der Waals surface area contributed by atoms with Crippen LogP contribution in [0.4, 0.5) is 0 Å². The van der Waals surface area contributed by atoms with E-state index >= 15 is 0 Å². The fourth-order valence-corrected chi connectivity index (χ4v) is 8.91. The average Bonchev–Trinajstić information content (AvgIpc) is 2.81. The maximum Gasteiger partial charge on any atom is 0.178 e. The highest BCUT2D eigenvalue weighted by Gasteiger charge is 2.74. The lowest BCUT2D eigenvalue weighted by atomic mass is 9.46. The molecule has 0 bridgehead atoms. The van der Waals surface area contributed by atoms with Gasteiger partial charge in [0.2, 0.25) is 0 Å². The molecule has 4 aliphatic carbocycles. The molecule has 3 saturated carbocycles. The summed E-state index contributed by atoms with van der Waals surface area (Å²) < 4.78 is 0. The second-order valence-electron chi connectivity index (χ2n) is 9.77. The summed E-state index contributed by atoms with van der Waals surface area (Å²) in [4.78, 5) is 23.7. The molecule has 3 unspecified atom stereocenters. The van der Waals surface area contributed by atoms with Crippen LogP contribution in [-0.2, 0) is 9.59 Å². The zero-order chi connectivity index (χ0) is 20.9. The maximum absolute atomic E-state index is 12.6. The number of carbonyl (C=O) groups excluding carboxylic acids is 2. The van der Waals surface area contributed by atoms with E-state index in [-0.39, 0.29) is 34.7 Å². The van der Waals surface area contributed by atoms with Crippen molar-refractivity contribution in [2.24, 2.45) is 28.6 Å². The topological polar surface area (TPSA) is 54.4 Å². The van der Waals surface area contributed by atoms with E-state index in [4.69, 9.17) is 34.8 Å². The Morgan fingerprint density at radius 1 is 1.21 bits per heavy atom. The number of ketones is 2. The molecule has 28 heavy (non-hydrogen) atoms. The Labute approximate surface area is 181 Å². The lowest BCUT2D eigenvalue weighted by Crippen LogP contribution is -2.68. The summed E-state index contributed by atoms with van der Waals surface area (Å²) >= 11 is 21.3. The standard InChI is InChI=1S/C22H27Cl3O3/c1-11-7-14-15-9-17(23)16-8-13(27)5-6-19(16,3)21(15,25)18(24)10-20(14,4)22(11,28)12(2)26/h5-6,8,11,14-15,17-18,28H,7,9-10H2,1-4H3/t11?,14-,15-,17?,18?,19-,20-,21-,22-/m0/s1. The molecule has 4 rings (SSSR count). The van der Waals surface area contributed by atoms with Gasteiger partial charge in [0.1, 0.15) is 5.60 Å². The molecule has 1 N–H and O–H groups in total. The van der Waals surface area contributed by atoms with E-state index in [1.165, 1.54) is 6.92 Å². The largest absolute Gasteiger partial charge is 0.381 e. The van der Waals surface area contributed by atoms with Gasteiger partial charge in [-0.25, -0.2) is 0 Å². The number of rotatable bonds is 1. The van der Waals surface area contributed by atoms with Gasteiger partial charge in [0.25, 0.3) is 0 Å². The van der Waals surface area contributed by atoms with E-state index in [2.05, 4.69) is 0 Å². The molecule has 3 fully saturated rings. The van der Waals surface area contributed by atoms with Crippen LogP contribution in [0.15, 0.2) is 23.8 Å². The summed E-state index contributed by atoms with van der Waals surface area (Å²) in [7, 11) is 0. The summed E-state index contributed by atoms with van der Waals surface area (Å²) in [5.74, 6) is -0.513. The molecule has 3 nitrogen and oxygen atoms in total. The summed E-state index contributed by atoms with van der Waals surface area (Å²) in [6, 6.07) is 0. The highest BCUT2D eigenvalue weighted by atomic mass is 35.5. The zero-order valence-corrected chi connectivity index (χ0v) is 18.9. The molecule has 0 aromatic heterocycles. The van der Waals surface area contributed by atoms with Gasteiger partial charge in [-0.15, -0.1) is 34.8 Å². The van der Waals surface area contributed by atoms with Crippen LogP contribution >= 0.6 is 34.8 Å². The number of carbonyl (C=O) groups is 2. The molecule has 0 spiro atoms. The fourth-order valence-electron chi connectivity index (χ4n) is 7.22. The minimum atomic E-state index is -1.42. The Hall–Kier alpha value is -0.350. The third-order valence-corrected chi connectivity index (χ3v) is 10.7. The van der Waals surface area contributed by atoms with Gasteiger partial charge in [0.15, 0.2) is 11.6 Å². The molecule has 0 aliphatic heterocycles. The number of Topliss-reactive ketones (excluding diaryl/α,β-unsaturated/α-hetero) is 1. The number of halogens is 3. The molecular formula is C22H27Cl3O3. The first-order chi connectivity index (χ1) is 12.8. The van der Waals surface area contributed by atoms with Crippen molar-refractivity contribution < 1.29 is 14.7 Å². The van der Waals surface area contributed by atoms with Crippen LogP contribution in [0.1, 0.15) is 47.0 Å². The van der Waals surface area contributed by atoms with Crippen LogP contribution in [0.5, 0.6) is 0 Å². The van der Waals surface area contributed by atoms with Gasteiger partial charge < -0.3 is 5.11 Å². The van der Waals surface area contributed by atoms with Gasteiger partial charge in [-0.05, 0) is 61.7 Å². The van der Waals surface area contributed by atoms with Gasteiger partial charge >= 0.3 is 0 Å². The van der Waals surface area contributed by atoms with Gasteiger partial charge in [-0.1, -0.05) is 26.8 Å². The SMILES string of the molecule is CC(=O)[C@@]1(O)C(C)C[C@H]2[C@@H]3CC(Cl)C4=CC(=O)C=C[C@]4(C)[C@@]3(Cl)C(Cl)C[C@@]21C. The number of fused-ring (bicyclic) bond motifs is 5. The molecule has 0 aromatic rings. The molecule has 0 amide bonds. The van der Waals surface area contributed by atoms with Crippen molar-refractivity contribution >= 4 is 46.4 Å². The van der Waals surface area contributed by atoms with Crippen molar-refractivity contribution in [3.63, 3.8) is 0 Å². The second-order valence-corrected chi connectivity index (χ2v) is 11.4. The first kappa shape index (κ1) is 20.9. The average molecular weight is 446 g/mol. The molecule has 9 atom stereocenters. The normalized spacial score (nSPS) is 55.2. The quantitative estimate of drug-likeness (QED) is 0.597. The number of hydrogen-bond acceptors (Lipinski definition) is 3. The van der Waals surface area contributed by atoms with E-state index in [9.17, 15) is 14.7 Å². The summed E-state index contributed by atoms with van der Waals surface area (Å²) in [5, 5.41) is 10.7. The zero-order valence-electron chi connectivity index (χ0n) is 16.6. The van der Waals surface area contributed by atoms with Gasteiger partial charge in [0.05, 0.1) is 15.6 Å². The summed E-state index contributed by atoms with van der Waals surface area (Å²) in [5.41, 5.74) is -1.89. The first-order valence-electron chi connectivity index (χ1n) is 9.99. The van der Waals surface area contributed by atoms with Crippen molar-refractivity contribution in [2.75, 3.05) is 0 Å². The third kappa shape index (κ3) is 2.18. The lowest BCUT2D eigenvalue weighted by molar-refractivity contribution is -0.162. The predicted octanol–water partition coefficient (Wildman–Crippen LogP) is 4.66. The van der Waals surface area contributed by atoms with Crippen LogP contribution in [0.3, 0.4) is 0 Å². The molecule has 6 heteroatoms. The predicted molar refractivity (Wildman–Crippen MR) is 112 cm³/mol. The molecule has 0 aromatic carbocycles. The van der Waals surface area contributed by atoms with Gasteiger partial charge in [-0.2, -0.15) is 0 Å². The van der Waals surface area contributed by atoms with Crippen LogP contribution in [0.2, 0.25) is 0 Å². The Bertz CT molecular complexity index is 822. The van der Waals surface area contributed by atoms with Crippen molar-refractivity contribution in [3.8, 4) is 0 Å². The van der Waals surface area contributed by atoms with Crippen LogP contribution in [0, 0.1) is 28.6 Å². The Morgan fingerprint density at radius 3 is 2.46 bits per heavy atom. The van der Waals surface area contributed by atoms with E-state index in [1.54, 1.807) is 12.2 Å². The molecule has 0 saturated heterocycles. The van der Waals surface area contributed by atoms with Crippen molar-refractivity contribution in [3.05, 3.63) is 23.8 Å². The fraction of sp³-hybridized carbons (Fsp3) is 0.727. The number of aliphatic hydroxyl groups is 1. The van der Waals surface area contributed by atoms with E-state index in [0.717, 1.165) is 5.57 Å². The van der Waals surface area contributed by atoms with Gasteiger partial charge in [0, 0.05) is 10.8 Å². The summed E-state index contributed by atoms with van der Waals surface area (Å²) in [6.45, 7) is 7.42. The Kier molecular flexibility index (Phi) is 4.55. The monoisotopic (exact) mass is 444 g/mol. The highest BCUT2D eigenvalue weighted by molar-refractivity contribution is 6.34. The van der Waals surface area contributed by atoms with Crippen LogP contribution in [-0.4, -0.2) is 37.9 Å². The third-order valence-electron chi connectivity index (χ3n) is 8.70. The van der Waals surface area contributed by atoms with Crippen molar-refractivity contribution in [1.82, 2.24) is 0 Å². The molecule has 4 aliphatic rings. The maximum atomic E-state index is 12.6. The minimum absolute atomic E-state index is 0.0227. The Balaban J connectivity index is 1.88.